The van der Waals surface area contributed by atoms with Crippen LogP contribution in [0.2, 0.25) is 0 Å². The number of nitrogens with zero attached hydrogens (tertiary/aromatic N) is 7. The lowest BCUT2D eigenvalue weighted by molar-refractivity contribution is -0.927. The van der Waals surface area contributed by atoms with E-state index in [2.05, 4.69) is 146 Å². The third-order valence-corrected chi connectivity index (χ3v) is 27.2. The fraction of sp³-hybridized carbons (Fsp3) is 1.00. The molecule has 7 saturated carbocycles. The molecular weight excluding hydrogens is 1350 g/mol. The normalized spacial score (nSPS) is 19.1. The average molecular weight is 1560 g/mol. The van der Waals surface area contributed by atoms with Crippen molar-refractivity contribution in [2.24, 2.45) is 0 Å². The molecule has 654 valence electrons. The Morgan fingerprint density at radius 3 is 0.486 bits per heavy atom. The highest BCUT2D eigenvalue weighted by Crippen LogP contribution is 2.27. The van der Waals surface area contributed by atoms with Crippen LogP contribution >= 0.6 is 0 Å². The molecule has 1 atom stereocenters. The molecule has 0 heterocycles. The minimum Gasteiger partial charge on any atom is -0.372 e. The van der Waals surface area contributed by atoms with Crippen molar-refractivity contribution in [1.82, 2.24) is 0 Å². The minimum atomic E-state index is 0.570. The lowest BCUT2D eigenvalue weighted by Gasteiger charge is -2.38. The van der Waals surface area contributed by atoms with E-state index in [-0.39, 0.29) is 0 Å². The molecule has 0 radical (unpaired) electrons. The molecule has 0 saturated heterocycles. The molecule has 7 rings (SSSR count). The smallest absolute Gasteiger partial charge is 0.102 e. The Morgan fingerprint density at radius 1 is 0.174 bits per heavy atom. The van der Waals surface area contributed by atoms with Crippen molar-refractivity contribution in [3.63, 3.8) is 0 Å². The molecule has 109 heavy (non-hydrogen) atoms. The molecule has 0 N–H and O–H groups in total. The van der Waals surface area contributed by atoms with Crippen molar-refractivity contribution < 1.29 is 64.5 Å². The topological polar surface area (TPSA) is 64.6 Å². The summed E-state index contributed by atoms with van der Waals surface area (Å²) >= 11 is 0. The fourth-order valence-electron chi connectivity index (χ4n) is 18.6. The van der Waals surface area contributed by atoms with Gasteiger partial charge >= 0.3 is 0 Å². The molecule has 0 spiro atoms. The first-order valence-electron chi connectivity index (χ1n) is 48.6. The number of likely N-dealkylation sites (N-methyl/N-ethyl adjacent to an activating group) is 7. The van der Waals surface area contributed by atoms with Gasteiger partial charge in [-0.3, -0.25) is 0 Å². The largest absolute Gasteiger partial charge is 0.372 e. The molecule has 0 aliphatic heterocycles. The van der Waals surface area contributed by atoms with Crippen LogP contribution in [0.15, 0.2) is 0 Å². The maximum Gasteiger partial charge on any atom is 0.102 e. The molecule has 7 aliphatic carbocycles. The van der Waals surface area contributed by atoms with Gasteiger partial charge in [-0.15, -0.1) is 0 Å². The number of unbranched alkanes of at least 4 members (excludes halogenated alkanes) is 1. The van der Waals surface area contributed by atoms with Gasteiger partial charge in [0.25, 0.3) is 0 Å². The van der Waals surface area contributed by atoms with Crippen molar-refractivity contribution in [3.05, 3.63) is 0 Å². The van der Waals surface area contributed by atoms with E-state index in [0.29, 0.717) is 42.7 Å². The summed E-state index contributed by atoms with van der Waals surface area (Å²) in [7, 11) is 13.3. The van der Waals surface area contributed by atoms with Crippen LogP contribution in [-0.4, -0.2) is 307 Å². The van der Waals surface area contributed by atoms with Crippen LogP contribution in [0.4, 0.5) is 0 Å². The van der Waals surface area contributed by atoms with Gasteiger partial charge in [-0.1, -0.05) is 157 Å². The Bertz CT molecular complexity index is 1910. The molecule has 0 aromatic heterocycles. The molecule has 1 unspecified atom stereocenters. The summed E-state index contributed by atoms with van der Waals surface area (Å²) in [4.78, 5) is 0. The van der Waals surface area contributed by atoms with Gasteiger partial charge in [0.2, 0.25) is 0 Å². The van der Waals surface area contributed by atoms with E-state index in [4.69, 9.17) is 33.2 Å². The molecule has 14 heteroatoms. The van der Waals surface area contributed by atoms with Gasteiger partial charge in [0.15, 0.2) is 0 Å². The third-order valence-electron chi connectivity index (χ3n) is 27.2. The van der Waals surface area contributed by atoms with Gasteiger partial charge in [-0.25, -0.2) is 0 Å². The number of quaternary nitrogens is 7. The number of hydrogen-bond donors (Lipinski definition) is 0. The van der Waals surface area contributed by atoms with Crippen LogP contribution in [0, 0.1) is 0 Å². The molecule has 7 fully saturated rings. The number of hydrogen-bond acceptors (Lipinski definition) is 7. The van der Waals surface area contributed by atoms with Crippen molar-refractivity contribution >= 4 is 0 Å². The van der Waals surface area contributed by atoms with Gasteiger partial charge < -0.3 is 64.5 Å². The van der Waals surface area contributed by atoms with Crippen LogP contribution in [0.3, 0.4) is 0 Å². The first kappa shape index (κ1) is 106. The molecule has 0 aromatic rings. The summed E-state index contributed by atoms with van der Waals surface area (Å²) in [5.74, 6) is 0. The van der Waals surface area contributed by atoms with Gasteiger partial charge in [0.1, 0.15) is 45.8 Å². The molecule has 7 aliphatic rings. The molecular formula is C95H204N7O7+7. The fourth-order valence-corrected chi connectivity index (χ4v) is 18.6. The summed E-state index contributed by atoms with van der Waals surface area (Å²) < 4.78 is 50.1. The first-order chi connectivity index (χ1) is 52.5. The minimum absolute atomic E-state index is 0.570. The highest BCUT2D eigenvalue weighted by atomic mass is 16.5. The maximum atomic E-state index is 6.12. The zero-order valence-corrected chi connectivity index (χ0v) is 78.4. The van der Waals surface area contributed by atoms with E-state index < -0.39 is 0 Å². The van der Waals surface area contributed by atoms with Gasteiger partial charge in [-0.05, 0) is 191 Å². The lowest BCUT2D eigenvalue weighted by atomic mass is 9.98. The van der Waals surface area contributed by atoms with Crippen molar-refractivity contribution in [3.8, 4) is 0 Å². The van der Waals surface area contributed by atoms with E-state index in [1.165, 1.54) is 397 Å². The SMILES string of the molecule is CCCC[N+](CC)(CCC)CCOC1CCCC1.CCC[N+](CC)(CCC)CCOC1CCCC1.CCC[N+](CC)(CCC)CCOC1CCCCC1.CC[N+](CC)(CC)CCOC1CCCC1.CC[N+](CC)(CC)CCOC1CCCCC1.C[N+](C)(C)CCOC1CCCC1.C[N+](C)(C)CCOC1CCCCC1. The monoisotopic (exact) mass is 1560 g/mol. The number of rotatable bonds is 50. The van der Waals surface area contributed by atoms with Crippen molar-refractivity contribution in [2.75, 3.05) is 233 Å². The van der Waals surface area contributed by atoms with Crippen LogP contribution < -0.4 is 0 Å². The van der Waals surface area contributed by atoms with Gasteiger partial charge in [-0.2, -0.15) is 0 Å². The second-order valence-corrected chi connectivity index (χ2v) is 37.4. The van der Waals surface area contributed by atoms with E-state index >= 15 is 0 Å². The van der Waals surface area contributed by atoms with Crippen LogP contribution in [-0.2, 0) is 33.2 Å². The molecule has 14 nitrogen and oxygen atoms in total. The first-order valence-corrected chi connectivity index (χ1v) is 48.6. The lowest BCUT2D eigenvalue weighted by Crippen LogP contribution is -2.51. The quantitative estimate of drug-likeness (QED) is 0.0562. The van der Waals surface area contributed by atoms with Crippen LogP contribution in [0.5, 0.6) is 0 Å². The summed E-state index contributed by atoms with van der Waals surface area (Å²) in [6.45, 7) is 68.7. The van der Waals surface area contributed by atoms with Crippen LogP contribution in [0.1, 0.15) is 348 Å². The average Bonchev–Trinajstić information content (AvgIpc) is 1.86. The Morgan fingerprint density at radius 2 is 0.330 bits per heavy atom. The van der Waals surface area contributed by atoms with E-state index in [0.717, 1.165) is 68.3 Å². The standard InChI is InChI=1S/2C16H34NO.C15H32NO.C14H30NO.C13H28NO.C11H24NO.C10H22NO/c1-4-12-17(6-3,13-5-2)14-15-18-16-10-8-7-9-11-16;1-4-7-13-17(6-3,12-5-2)14-15-18-16-10-8-9-11-16;1-4-11-16(6-3,12-5-2)13-14-17-15-9-7-8-10-15;1-4-15(5-2,6-3)12-13-16-14-10-8-7-9-11-14;1-4-14(5-2,6-3)11-12-15-13-9-7-8-10-13;1-12(2,3)9-10-13-11-7-5-4-6-8-11;1-11(2,3)8-9-12-10-6-4-5-7-10/h2*16H,4-15H2,1-3H3;15H,4-14H2,1-3H3;14H,4-13H2,1-3H3;13H,4-12H2,1-3H3;11H,4-10H2,1-3H3;10H,4-9H2,1-3H3/q7*+1. The predicted molar refractivity (Wildman–Crippen MR) is 473 cm³/mol. The highest BCUT2D eigenvalue weighted by molar-refractivity contribution is 4.71. The Hall–Kier alpha value is -0.560. The van der Waals surface area contributed by atoms with Crippen molar-refractivity contribution in [2.45, 2.75) is 391 Å². The summed E-state index contributed by atoms with van der Waals surface area (Å²) in [5.41, 5.74) is 0. The third kappa shape index (κ3) is 51.4. The Labute approximate surface area is 684 Å². The number of ether oxygens (including phenoxy) is 7. The van der Waals surface area contributed by atoms with Crippen molar-refractivity contribution in [1.29, 1.82) is 0 Å². The second-order valence-electron chi connectivity index (χ2n) is 37.4. The Kier molecular flexibility index (Phi) is 63.9. The van der Waals surface area contributed by atoms with Gasteiger partial charge in [0.05, 0.1) is 229 Å². The van der Waals surface area contributed by atoms with Crippen LogP contribution in [0.25, 0.3) is 0 Å². The summed E-state index contributed by atoms with van der Waals surface area (Å²) in [6.07, 6.45) is 54.8. The molecule has 0 amide bonds. The van der Waals surface area contributed by atoms with Gasteiger partial charge in [0, 0.05) is 0 Å². The van der Waals surface area contributed by atoms with E-state index in [1.54, 1.807) is 0 Å². The summed E-state index contributed by atoms with van der Waals surface area (Å²) in [6, 6.07) is 0. The predicted octanol–water partition coefficient (Wildman–Crippen LogP) is 21.3. The maximum absolute atomic E-state index is 6.12. The second kappa shape index (κ2) is 65.4. The van der Waals surface area contributed by atoms with E-state index in [9.17, 15) is 0 Å². The Balaban J connectivity index is 0.000000638. The molecule has 0 bridgehead atoms. The summed E-state index contributed by atoms with van der Waals surface area (Å²) in [5, 5.41) is 0. The zero-order valence-electron chi connectivity index (χ0n) is 78.4. The van der Waals surface area contributed by atoms with E-state index in [1.807, 2.05) is 0 Å². The molecule has 0 aromatic carbocycles. The highest BCUT2D eigenvalue weighted by Gasteiger charge is 2.30. The zero-order chi connectivity index (χ0) is 80.9.